The van der Waals surface area contributed by atoms with Crippen LogP contribution in [0.2, 0.25) is 0 Å². The first-order valence-electron chi connectivity index (χ1n) is 6.49. The van der Waals surface area contributed by atoms with Crippen LogP contribution in [0.25, 0.3) is 0 Å². The summed E-state index contributed by atoms with van der Waals surface area (Å²) in [4.78, 5) is 9.24. The van der Waals surface area contributed by atoms with Gasteiger partial charge >= 0.3 is 0 Å². The van der Waals surface area contributed by atoms with E-state index in [2.05, 4.69) is 22.2 Å². The Hall–Kier alpha value is -1.00. The van der Waals surface area contributed by atoms with Gasteiger partial charge in [0.2, 0.25) is 0 Å². The molecule has 3 rings (SSSR count). The molecule has 0 aliphatic carbocycles. The average molecular weight is 233 g/mol. The van der Waals surface area contributed by atoms with Gasteiger partial charge in [0, 0.05) is 23.7 Å². The molecule has 3 heterocycles. The number of rotatable bonds is 2. The average Bonchev–Trinajstić information content (AvgIpc) is 2.79. The van der Waals surface area contributed by atoms with Crippen LogP contribution < -0.4 is 5.32 Å². The molecule has 1 aromatic rings. The molecule has 2 aliphatic heterocycles. The van der Waals surface area contributed by atoms with Crippen LogP contribution >= 0.6 is 0 Å². The summed E-state index contributed by atoms with van der Waals surface area (Å²) in [6.45, 7) is 4.54. The molecule has 1 atom stereocenters. The van der Waals surface area contributed by atoms with E-state index in [1.54, 1.807) is 0 Å². The molecule has 4 heteroatoms. The van der Waals surface area contributed by atoms with Gasteiger partial charge in [-0.2, -0.15) is 0 Å². The van der Waals surface area contributed by atoms with Gasteiger partial charge in [0.15, 0.2) is 0 Å². The molecule has 0 radical (unpaired) electrons. The molecule has 1 N–H and O–H groups in total. The SMILES string of the molecule is Cc1nc(CC2CCCCN2)nc2c1COC2. The van der Waals surface area contributed by atoms with Gasteiger partial charge in [0.05, 0.1) is 18.9 Å². The Kier molecular flexibility index (Phi) is 3.07. The monoisotopic (exact) mass is 233 g/mol. The first-order valence-corrected chi connectivity index (χ1v) is 6.49. The van der Waals surface area contributed by atoms with Crippen molar-refractivity contribution in [3.8, 4) is 0 Å². The topological polar surface area (TPSA) is 47.0 Å². The Morgan fingerprint density at radius 2 is 2.24 bits per heavy atom. The predicted molar refractivity (Wildman–Crippen MR) is 64.6 cm³/mol. The van der Waals surface area contributed by atoms with Crippen molar-refractivity contribution >= 4 is 0 Å². The molecule has 1 aromatic heterocycles. The Morgan fingerprint density at radius 3 is 3.06 bits per heavy atom. The van der Waals surface area contributed by atoms with Gasteiger partial charge in [-0.25, -0.2) is 9.97 Å². The minimum atomic E-state index is 0.559. The van der Waals surface area contributed by atoms with E-state index in [0.717, 1.165) is 30.2 Å². The zero-order valence-electron chi connectivity index (χ0n) is 10.3. The molecule has 0 saturated carbocycles. The third-order valence-corrected chi connectivity index (χ3v) is 3.67. The minimum absolute atomic E-state index is 0.559. The van der Waals surface area contributed by atoms with Crippen molar-refractivity contribution in [1.29, 1.82) is 0 Å². The number of nitrogens with zero attached hydrogens (tertiary/aromatic N) is 2. The second kappa shape index (κ2) is 4.70. The van der Waals surface area contributed by atoms with Crippen molar-refractivity contribution in [2.45, 2.75) is 51.9 Å². The van der Waals surface area contributed by atoms with E-state index in [0.29, 0.717) is 19.3 Å². The Morgan fingerprint density at radius 1 is 1.29 bits per heavy atom. The maximum Gasteiger partial charge on any atom is 0.130 e. The van der Waals surface area contributed by atoms with Gasteiger partial charge in [-0.3, -0.25) is 0 Å². The molecule has 0 aromatic carbocycles. The molecule has 92 valence electrons. The Bertz CT molecular complexity index is 413. The van der Waals surface area contributed by atoms with E-state index >= 15 is 0 Å². The molecule has 17 heavy (non-hydrogen) atoms. The van der Waals surface area contributed by atoms with Gasteiger partial charge in [-0.1, -0.05) is 6.42 Å². The summed E-state index contributed by atoms with van der Waals surface area (Å²) in [5.41, 5.74) is 3.40. The van der Waals surface area contributed by atoms with E-state index in [1.807, 2.05) is 0 Å². The molecule has 1 fully saturated rings. The van der Waals surface area contributed by atoms with E-state index in [1.165, 1.54) is 24.8 Å². The van der Waals surface area contributed by atoms with E-state index < -0.39 is 0 Å². The molecule has 1 saturated heterocycles. The fourth-order valence-electron chi connectivity index (χ4n) is 2.68. The molecule has 0 bridgehead atoms. The van der Waals surface area contributed by atoms with Gasteiger partial charge < -0.3 is 10.1 Å². The fourth-order valence-corrected chi connectivity index (χ4v) is 2.68. The Labute approximate surface area is 102 Å². The summed E-state index contributed by atoms with van der Waals surface area (Å²) in [5.74, 6) is 0.978. The number of ether oxygens (including phenoxy) is 1. The fraction of sp³-hybridized carbons (Fsp3) is 0.692. The van der Waals surface area contributed by atoms with Crippen LogP contribution in [-0.4, -0.2) is 22.6 Å². The van der Waals surface area contributed by atoms with Crippen molar-refractivity contribution in [2.75, 3.05) is 6.54 Å². The molecular weight excluding hydrogens is 214 g/mol. The number of piperidine rings is 1. The number of nitrogens with one attached hydrogen (secondary N) is 1. The number of hydrogen-bond donors (Lipinski definition) is 1. The van der Waals surface area contributed by atoms with Crippen LogP contribution in [0.1, 0.15) is 42.0 Å². The number of aromatic nitrogens is 2. The predicted octanol–water partition coefficient (Wildman–Crippen LogP) is 1.50. The van der Waals surface area contributed by atoms with E-state index in [4.69, 9.17) is 4.74 Å². The van der Waals surface area contributed by atoms with Crippen LogP contribution in [0.15, 0.2) is 0 Å². The van der Waals surface area contributed by atoms with Gasteiger partial charge in [-0.05, 0) is 26.3 Å². The summed E-state index contributed by atoms with van der Waals surface area (Å²) >= 11 is 0. The molecule has 4 nitrogen and oxygen atoms in total. The van der Waals surface area contributed by atoms with Crippen LogP contribution in [0.3, 0.4) is 0 Å². The van der Waals surface area contributed by atoms with Crippen LogP contribution in [0.4, 0.5) is 0 Å². The van der Waals surface area contributed by atoms with E-state index in [9.17, 15) is 0 Å². The second-order valence-corrected chi connectivity index (χ2v) is 4.99. The first-order chi connectivity index (χ1) is 8.33. The summed E-state index contributed by atoms with van der Waals surface area (Å²) < 4.78 is 5.42. The maximum absolute atomic E-state index is 5.42. The number of aryl methyl sites for hydroxylation is 1. The van der Waals surface area contributed by atoms with Crippen molar-refractivity contribution in [1.82, 2.24) is 15.3 Å². The lowest BCUT2D eigenvalue weighted by molar-refractivity contribution is 0.133. The molecule has 0 spiro atoms. The lowest BCUT2D eigenvalue weighted by Crippen LogP contribution is -2.36. The van der Waals surface area contributed by atoms with Crippen molar-refractivity contribution in [2.24, 2.45) is 0 Å². The number of fused-ring (bicyclic) bond motifs is 1. The number of hydrogen-bond acceptors (Lipinski definition) is 4. The van der Waals surface area contributed by atoms with Crippen LogP contribution in [-0.2, 0) is 24.4 Å². The van der Waals surface area contributed by atoms with Gasteiger partial charge in [0.1, 0.15) is 5.82 Å². The first kappa shape index (κ1) is 11.1. The molecular formula is C13H19N3O. The van der Waals surface area contributed by atoms with E-state index in [-0.39, 0.29) is 0 Å². The normalized spacial score (nSPS) is 23.7. The quantitative estimate of drug-likeness (QED) is 0.841. The highest BCUT2D eigenvalue weighted by molar-refractivity contribution is 5.26. The third-order valence-electron chi connectivity index (χ3n) is 3.67. The van der Waals surface area contributed by atoms with Crippen molar-refractivity contribution < 1.29 is 4.74 Å². The van der Waals surface area contributed by atoms with Crippen LogP contribution in [0, 0.1) is 6.92 Å². The minimum Gasteiger partial charge on any atom is -0.370 e. The summed E-state index contributed by atoms with van der Waals surface area (Å²) in [7, 11) is 0. The third kappa shape index (κ3) is 2.33. The highest BCUT2D eigenvalue weighted by atomic mass is 16.5. The van der Waals surface area contributed by atoms with Crippen molar-refractivity contribution in [3.63, 3.8) is 0 Å². The maximum atomic E-state index is 5.42. The second-order valence-electron chi connectivity index (χ2n) is 4.99. The van der Waals surface area contributed by atoms with Gasteiger partial charge in [0.25, 0.3) is 0 Å². The highest BCUT2D eigenvalue weighted by Crippen LogP contribution is 2.21. The lowest BCUT2D eigenvalue weighted by Gasteiger charge is -2.22. The van der Waals surface area contributed by atoms with Crippen molar-refractivity contribution in [3.05, 3.63) is 22.8 Å². The van der Waals surface area contributed by atoms with Crippen LogP contribution in [0.5, 0.6) is 0 Å². The van der Waals surface area contributed by atoms with Gasteiger partial charge in [-0.15, -0.1) is 0 Å². The molecule has 1 unspecified atom stereocenters. The summed E-state index contributed by atoms with van der Waals surface area (Å²) in [6, 6.07) is 0.559. The highest BCUT2D eigenvalue weighted by Gasteiger charge is 2.20. The molecule has 2 aliphatic rings. The summed E-state index contributed by atoms with van der Waals surface area (Å²) in [5, 5.41) is 3.54. The lowest BCUT2D eigenvalue weighted by atomic mass is 10.0. The zero-order valence-corrected chi connectivity index (χ0v) is 10.3. The largest absolute Gasteiger partial charge is 0.370 e. The standard InChI is InChI=1S/C13H19N3O/c1-9-11-7-17-8-12(11)16-13(15-9)6-10-4-2-3-5-14-10/h10,14H,2-8H2,1H3. The summed E-state index contributed by atoms with van der Waals surface area (Å²) in [6.07, 6.45) is 4.82. The smallest absolute Gasteiger partial charge is 0.130 e. The molecule has 0 amide bonds. The zero-order chi connectivity index (χ0) is 11.7. The Balaban J connectivity index is 1.76.